The van der Waals surface area contributed by atoms with Gasteiger partial charge in [-0.15, -0.1) is 0 Å². The number of carboxylic acid groups (broad SMARTS) is 1. The average Bonchev–Trinajstić information content (AvgIpc) is 2.80. The van der Waals surface area contributed by atoms with Crippen LogP contribution >= 0.6 is 0 Å². The molecule has 1 aromatic carbocycles. The van der Waals surface area contributed by atoms with Crippen LogP contribution in [-0.4, -0.2) is 29.1 Å². The number of hydrogen-bond acceptors (Lipinski definition) is 2. The number of carbonyl (C=O) groups is 1. The minimum absolute atomic E-state index is 0.262. The summed E-state index contributed by atoms with van der Waals surface area (Å²) in [4.78, 5) is 13.1. The Kier molecular flexibility index (Phi) is 3.80. The van der Waals surface area contributed by atoms with E-state index in [-0.39, 0.29) is 5.56 Å². The molecule has 0 aliphatic carbocycles. The van der Waals surface area contributed by atoms with Crippen LogP contribution in [0.4, 0.5) is 13.2 Å². The molecule has 0 atom stereocenters. The molecule has 0 aromatic heterocycles. The highest BCUT2D eigenvalue weighted by atomic mass is 19.4. The molecule has 0 unspecified atom stereocenters. The Morgan fingerprint density at radius 2 is 1.89 bits per heavy atom. The van der Waals surface area contributed by atoms with Crippen LogP contribution < -0.4 is 0 Å². The summed E-state index contributed by atoms with van der Waals surface area (Å²) in [5.41, 5.74) is -0.751. The molecule has 3 nitrogen and oxygen atoms in total. The third-order valence-electron chi connectivity index (χ3n) is 3.26. The highest BCUT2D eigenvalue weighted by molar-refractivity contribution is 5.89. The van der Waals surface area contributed by atoms with Crippen molar-refractivity contribution >= 4 is 5.97 Å². The molecule has 104 valence electrons. The van der Waals surface area contributed by atoms with E-state index in [2.05, 4.69) is 4.90 Å². The largest absolute Gasteiger partial charge is 0.478 e. The summed E-state index contributed by atoms with van der Waals surface area (Å²) >= 11 is 0. The SMILES string of the molecule is O=C(O)c1cc(C(F)(F)F)ccc1CN1CCCC1. The van der Waals surface area contributed by atoms with Gasteiger partial charge in [0.25, 0.3) is 0 Å². The van der Waals surface area contributed by atoms with Crippen LogP contribution in [0.15, 0.2) is 18.2 Å². The number of likely N-dealkylation sites (tertiary alicyclic amines) is 1. The lowest BCUT2D eigenvalue weighted by atomic mass is 10.0. The first-order valence-corrected chi connectivity index (χ1v) is 6.03. The van der Waals surface area contributed by atoms with Crippen LogP contribution in [0, 0.1) is 0 Å². The van der Waals surface area contributed by atoms with Gasteiger partial charge < -0.3 is 5.11 Å². The zero-order valence-electron chi connectivity index (χ0n) is 10.2. The Morgan fingerprint density at radius 1 is 1.26 bits per heavy atom. The number of benzene rings is 1. The number of hydrogen-bond donors (Lipinski definition) is 1. The van der Waals surface area contributed by atoms with Crippen molar-refractivity contribution < 1.29 is 23.1 Å². The third kappa shape index (κ3) is 3.26. The molecule has 6 heteroatoms. The Labute approximate surface area is 108 Å². The molecule has 0 radical (unpaired) electrons. The summed E-state index contributed by atoms with van der Waals surface area (Å²) < 4.78 is 37.7. The van der Waals surface area contributed by atoms with Gasteiger partial charge >= 0.3 is 12.1 Å². The van der Waals surface area contributed by atoms with Crippen LogP contribution in [0.5, 0.6) is 0 Å². The minimum atomic E-state index is -4.52. The van der Waals surface area contributed by atoms with E-state index in [1.165, 1.54) is 6.07 Å². The van der Waals surface area contributed by atoms with Gasteiger partial charge in [-0.1, -0.05) is 6.07 Å². The fraction of sp³-hybridized carbons (Fsp3) is 0.462. The van der Waals surface area contributed by atoms with Gasteiger partial charge in [0, 0.05) is 6.54 Å². The number of rotatable bonds is 3. The number of halogens is 3. The van der Waals surface area contributed by atoms with E-state index in [1.54, 1.807) is 0 Å². The average molecular weight is 273 g/mol. The van der Waals surface area contributed by atoms with Crippen molar-refractivity contribution in [3.63, 3.8) is 0 Å². The second-order valence-corrected chi connectivity index (χ2v) is 4.66. The van der Waals surface area contributed by atoms with E-state index >= 15 is 0 Å². The van der Waals surface area contributed by atoms with Gasteiger partial charge in [-0.3, -0.25) is 4.90 Å². The predicted molar refractivity (Wildman–Crippen MR) is 62.9 cm³/mol. The molecular weight excluding hydrogens is 259 g/mol. The van der Waals surface area contributed by atoms with Gasteiger partial charge in [0.2, 0.25) is 0 Å². The molecule has 1 heterocycles. The van der Waals surface area contributed by atoms with Crippen molar-refractivity contribution in [2.24, 2.45) is 0 Å². The monoisotopic (exact) mass is 273 g/mol. The Balaban J connectivity index is 2.29. The molecule has 1 fully saturated rings. The highest BCUT2D eigenvalue weighted by Gasteiger charge is 2.32. The zero-order chi connectivity index (χ0) is 14.0. The summed E-state index contributed by atoms with van der Waals surface area (Å²) in [5.74, 6) is -1.32. The lowest BCUT2D eigenvalue weighted by molar-refractivity contribution is -0.137. The maximum absolute atomic E-state index is 12.6. The third-order valence-corrected chi connectivity index (χ3v) is 3.26. The molecule has 1 aliphatic heterocycles. The molecule has 1 aromatic rings. The summed E-state index contributed by atoms with van der Waals surface area (Å²) in [6.07, 6.45) is -2.43. The standard InChI is InChI=1S/C13H14F3NO2/c14-13(15,16)10-4-3-9(11(7-10)12(18)19)8-17-5-1-2-6-17/h3-4,7H,1-2,5-6,8H2,(H,18,19). The number of aromatic carboxylic acids is 1. The van der Waals surface area contributed by atoms with Crippen molar-refractivity contribution in [2.45, 2.75) is 25.6 Å². The summed E-state index contributed by atoms with van der Waals surface area (Å²) in [6.45, 7) is 2.11. The van der Waals surface area contributed by atoms with Gasteiger partial charge in [0.15, 0.2) is 0 Å². The molecular formula is C13H14F3NO2. The molecule has 1 aliphatic rings. The second kappa shape index (κ2) is 5.21. The summed E-state index contributed by atoms with van der Waals surface area (Å²) in [7, 11) is 0. The second-order valence-electron chi connectivity index (χ2n) is 4.66. The van der Waals surface area contributed by atoms with Crippen LogP contribution in [0.3, 0.4) is 0 Å². The van der Waals surface area contributed by atoms with Gasteiger partial charge in [0.05, 0.1) is 11.1 Å². The quantitative estimate of drug-likeness (QED) is 0.920. The van der Waals surface area contributed by atoms with Crippen molar-refractivity contribution in [1.82, 2.24) is 4.90 Å². The Morgan fingerprint density at radius 3 is 2.42 bits per heavy atom. The predicted octanol–water partition coefficient (Wildman–Crippen LogP) is 3.00. The smallest absolute Gasteiger partial charge is 0.416 e. The Bertz CT molecular complexity index is 479. The van der Waals surface area contributed by atoms with Gasteiger partial charge in [-0.05, 0) is 43.6 Å². The lowest BCUT2D eigenvalue weighted by Crippen LogP contribution is -2.20. The van der Waals surface area contributed by atoms with Crippen LogP contribution in [0.25, 0.3) is 0 Å². The highest BCUT2D eigenvalue weighted by Crippen LogP contribution is 2.31. The molecule has 0 saturated carbocycles. The van der Waals surface area contributed by atoms with E-state index in [9.17, 15) is 18.0 Å². The molecule has 1 saturated heterocycles. The fourth-order valence-corrected chi connectivity index (χ4v) is 2.27. The number of carboxylic acids is 1. The zero-order valence-corrected chi connectivity index (χ0v) is 10.2. The summed E-state index contributed by atoms with van der Waals surface area (Å²) in [5, 5.41) is 9.04. The summed E-state index contributed by atoms with van der Waals surface area (Å²) in [6, 6.07) is 2.93. The van der Waals surface area contributed by atoms with E-state index in [0.29, 0.717) is 18.2 Å². The van der Waals surface area contributed by atoms with E-state index in [1.807, 2.05) is 0 Å². The molecule has 2 rings (SSSR count). The normalized spacial score (nSPS) is 16.8. The minimum Gasteiger partial charge on any atom is -0.478 e. The molecule has 1 N–H and O–H groups in total. The van der Waals surface area contributed by atoms with Gasteiger partial charge in [0.1, 0.15) is 0 Å². The van der Waals surface area contributed by atoms with Crippen molar-refractivity contribution in [3.8, 4) is 0 Å². The molecule has 0 spiro atoms. The van der Waals surface area contributed by atoms with Crippen LogP contribution in [0.2, 0.25) is 0 Å². The topological polar surface area (TPSA) is 40.5 Å². The first-order chi connectivity index (χ1) is 8.88. The number of alkyl halides is 3. The molecule has 0 bridgehead atoms. The maximum atomic E-state index is 12.6. The Hall–Kier alpha value is -1.56. The molecule has 19 heavy (non-hydrogen) atoms. The lowest BCUT2D eigenvalue weighted by Gasteiger charge is -2.17. The van der Waals surface area contributed by atoms with E-state index in [0.717, 1.165) is 32.0 Å². The van der Waals surface area contributed by atoms with Crippen LogP contribution in [0.1, 0.15) is 34.3 Å². The van der Waals surface area contributed by atoms with Crippen molar-refractivity contribution in [3.05, 3.63) is 34.9 Å². The van der Waals surface area contributed by atoms with Crippen molar-refractivity contribution in [1.29, 1.82) is 0 Å². The van der Waals surface area contributed by atoms with Crippen LogP contribution in [-0.2, 0) is 12.7 Å². The van der Waals surface area contributed by atoms with E-state index < -0.39 is 17.7 Å². The maximum Gasteiger partial charge on any atom is 0.416 e. The van der Waals surface area contributed by atoms with Gasteiger partial charge in [-0.25, -0.2) is 4.79 Å². The van der Waals surface area contributed by atoms with Crippen molar-refractivity contribution in [2.75, 3.05) is 13.1 Å². The fourth-order valence-electron chi connectivity index (χ4n) is 2.27. The number of nitrogens with zero attached hydrogens (tertiary/aromatic N) is 1. The van der Waals surface area contributed by atoms with Gasteiger partial charge in [-0.2, -0.15) is 13.2 Å². The first-order valence-electron chi connectivity index (χ1n) is 6.03. The van der Waals surface area contributed by atoms with E-state index in [4.69, 9.17) is 5.11 Å². The molecule has 0 amide bonds. The first kappa shape index (κ1) is 13.9.